The number of amides is 1. The number of carbonyl (C=O) groups excluding carboxylic acids is 1. The number of aliphatic hydroxyl groups is 1. The third-order valence-corrected chi connectivity index (χ3v) is 2.13. The van der Waals surface area contributed by atoms with E-state index in [1.165, 1.54) is 4.90 Å². The van der Waals surface area contributed by atoms with Gasteiger partial charge in [0.15, 0.2) is 0 Å². The van der Waals surface area contributed by atoms with E-state index in [-0.39, 0.29) is 24.7 Å². The Morgan fingerprint density at radius 1 is 1.47 bits per heavy atom. The summed E-state index contributed by atoms with van der Waals surface area (Å²) in [5.74, 6) is 0.0831. The molecule has 1 aromatic carbocycles. The standard InChI is InChI=1S/C11H15NO3/c1-12(5-6-13)11(15)8-9-3-2-4-10(14)7-9/h2-4,7,13-14H,5-6,8H2,1H3. The van der Waals surface area contributed by atoms with Gasteiger partial charge in [-0.05, 0) is 17.7 Å². The van der Waals surface area contributed by atoms with E-state index in [1.807, 2.05) is 0 Å². The number of hydrogen-bond donors (Lipinski definition) is 2. The van der Waals surface area contributed by atoms with E-state index < -0.39 is 0 Å². The van der Waals surface area contributed by atoms with E-state index in [9.17, 15) is 9.90 Å². The van der Waals surface area contributed by atoms with Crippen molar-refractivity contribution in [3.8, 4) is 5.75 Å². The van der Waals surface area contributed by atoms with Gasteiger partial charge in [-0.15, -0.1) is 0 Å². The molecule has 4 heteroatoms. The van der Waals surface area contributed by atoms with Gasteiger partial charge in [-0.25, -0.2) is 0 Å². The molecule has 82 valence electrons. The summed E-state index contributed by atoms with van der Waals surface area (Å²) >= 11 is 0. The fourth-order valence-electron chi connectivity index (χ4n) is 1.25. The van der Waals surface area contributed by atoms with Gasteiger partial charge in [0, 0.05) is 13.6 Å². The number of rotatable bonds is 4. The van der Waals surface area contributed by atoms with E-state index in [2.05, 4.69) is 0 Å². The van der Waals surface area contributed by atoms with Crippen molar-refractivity contribution >= 4 is 5.91 Å². The van der Waals surface area contributed by atoms with Gasteiger partial charge in [0.2, 0.25) is 5.91 Å². The second-order valence-electron chi connectivity index (χ2n) is 3.39. The Morgan fingerprint density at radius 2 is 2.20 bits per heavy atom. The first kappa shape index (κ1) is 11.5. The number of aromatic hydroxyl groups is 1. The molecule has 0 unspecified atom stereocenters. The van der Waals surface area contributed by atoms with Crippen molar-refractivity contribution in [1.82, 2.24) is 4.90 Å². The summed E-state index contributed by atoms with van der Waals surface area (Å²) in [5, 5.41) is 17.9. The minimum absolute atomic E-state index is 0.0394. The SMILES string of the molecule is CN(CCO)C(=O)Cc1cccc(O)c1. The van der Waals surface area contributed by atoms with Crippen molar-refractivity contribution in [2.75, 3.05) is 20.2 Å². The largest absolute Gasteiger partial charge is 0.508 e. The van der Waals surface area contributed by atoms with Gasteiger partial charge in [0.25, 0.3) is 0 Å². The highest BCUT2D eigenvalue weighted by Crippen LogP contribution is 2.11. The molecule has 15 heavy (non-hydrogen) atoms. The Hall–Kier alpha value is -1.55. The molecule has 0 aliphatic heterocycles. The molecule has 0 radical (unpaired) electrons. The van der Waals surface area contributed by atoms with Gasteiger partial charge in [-0.2, -0.15) is 0 Å². The van der Waals surface area contributed by atoms with Crippen molar-refractivity contribution in [3.05, 3.63) is 29.8 Å². The highest BCUT2D eigenvalue weighted by atomic mass is 16.3. The first-order valence-electron chi connectivity index (χ1n) is 4.76. The summed E-state index contributed by atoms with van der Waals surface area (Å²) in [4.78, 5) is 13.0. The molecule has 0 fully saturated rings. The van der Waals surface area contributed by atoms with Crippen LogP contribution in [-0.2, 0) is 11.2 Å². The van der Waals surface area contributed by atoms with Crippen molar-refractivity contribution < 1.29 is 15.0 Å². The predicted octanol–water partition coefficient (Wildman–Crippen LogP) is 0.385. The lowest BCUT2D eigenvalue weighted by Crippen LogP contribution is -2.30. The van der Waals surface area contributed by atoms with Crippen LogP contribution in [0.25, 0.3) is 0 Å². The van der Waals surface area contributed by atoms with E-state index in [1.54, 1.807) is 31.3 Å². The van der Waals surface area contributed by atoms with Crippen LogP contribution in [0.15, 0.2) is 24.3 Å². The number of nitrogens with zero attached hydrogens (tertiary/aromatic N) is 1. The van der Waals surface area contributed by atoms with Crippen LogP contribution < -0.4 is 0 Å². The molecular weight excluding hydrogens is 194 g/mol. The molecule has 1 rings (SSSR count). The molecule has 0 saturated heterocycles. The fraction of sp³-hybridized carbons (Fsp3) is 0.364. The van der Waals surface area contributed by atoms with E-state index in [0.29, 0.717) is 6.54 Å². The number of phenolic OH excluding ortho intramolecular Hbond substituents is 1. The number of phenols is 1. The molecule has 0 aliphatic carbocycles. The van der Waals surface area contributed by atoms with E-state index in [4.69, 9.17) is 5.11 Å². The Bertz CT molecular complexity index is 338. The zero-order valence-corrected chi connectivity index (χ0v) is 8.68. The molecule has 0 aromatic heterocycles. The summed E-state index contributed by atoms with van der Waals surface area (Å²) in [6.45, 7) is 0.292. The average molecular weight is 209 g/mol. The highest BCUT2D eigenvalue weighted by Gasteiger charge is 2.08. The maximum atomic E-state index is 11.5. The second kappa shape index (κ2) is 5.36. The number of hydrogen-bond acceptors (Lipinski definition) is 3. The lowest BCUT2D eigenvalue weighted by atomic mass is 10.1. The molecule has 0 aliphatic rings. The Labute approximate surface area is 88.8 Å². The van der Waals surface area contributed by atoms with Crippen LogP contribution in [0, 0.1) is 0 Å². The lowest BCUT2D eigenvalue weighted by molar-refractivity contribution is -0.129. The van der Waals surface area contributed by atoms with Crippen LogP contribution in [0.4, 0.5) is 0 Å². The Morgan fingerprint density at radius 3 is 2.80 bits per heavy atom. The lowest BCUT2D eigenvalue weighted by Gasteiger charge is -2.15. The summed E-state index contributed by atoms with van der Waals surface area (Å²) < 4.78 is 0. The summed E-state index contributed by atoms with van der Waals surface area (Å²) in [6, 6.07) is 6.60. The topological polar surface area (TPSA) is 60.8 Å². The number of likely N-dealkylation sites (N-methyl/N-ethyl adjacent to an activating group) is 1. The van der Waals surface area contributed by atoms with Crippen molar-refractivity contribution in [2.45, 2.75) is 6.42 Å². The summed E-state index contributed by atoms with van der Waals surface area (Å²) in [7, 11) is 1.64. The molecule has 0 bridgehead atoms. The normalized spacial score (nSPS) is 10.0. The van der Waals surface area contributed by atoms with Crippen molar-refractivity contribution in [1.29, 1.82) is 0 Å². The average Bonchev–Trinajstić information content (AvgIpc) is 2.18. The summed E-state index contributed by atoms with van der Waals surface area (Å²) in [6.07, 6.45) is 0.241. The van der Waals surface area contributed by atoms with Gasteiger partial charge >= 0.3 is 0 Å². The van der Waals surface area contributed by atoms with E-state index >= 15 is 0 Å². The summed E-state index contributed by atoms with van der Waals surface area (Å²) in [5.41, 5.74) is 0.768. The third kappa shape index (κ3) is 3.59. The van der Waals surface area contributed by atoms with E-state index in [0.717, 1.165) is 5.56 Å². The quantitative estimate of drug-likeness (QED) is 0.754. The van der Waals surface area contributed by atoms with Gasteiger partial charge in [0.05, 0.1) is 13.0 Å². The monoisotopic (exact) mass is 209 g/mol. The minimum Gasteiger partial charge on any atom is -0.508 e. The van der Waals surface area contributed by atoms with Gasteiger partial charge in [-0.3, -0.25) is 4.79 Å². The number of carbonyl (C=O) groups is 1. The Kier molecular flexibility index (Phi) is 4.12. The fourth-order valence-corrected chi connectivity index (χ4v) is 1.25. The van der Waals surface area contributed by atoms with Gasteiger partial charge in [-0.1, -0.05) is 12.1 Å². The van der Waals surface area contributed by atoms with Gasteiger partial charge in [0.1, 0.15) is 5.75 Å². The second-order valence-corrected chi connectivity index (χ2v) is 3.39. The zero-order chi connectivity index (χ0) is 11.3. The smallest absolute Gasteiger partial charge is 0.226 e. The number of aliphatic hydroxyl groups excluding tert-OH is 1. The maximum absolute atomic E-state index is 11.5. The molecule has 0 spiro atoms. The van der Waals surface area contributed by atoms with Crippen molar-refractivity contribution in [3.63, 3.8) is 0 Å². The third-order valence-electron chi connectivity index (χ3n) is 2.13. The van der Waals surface area contributed by atoms with Crippen LogP contribution in [0.2, 0.25) is 0 Å². The molecule has 4 nitrogen and oxygen atoms in total. The Balaban J connectivity index is 2.58. The molecule has 0 heterocycles. The first-order valence-corrected chi connectivity index (χ1v) is 4.76. The first-order chi connectivity index (χ1) is 7.13. The van der Waals surface area contributed by atoms with Crippen LogP contribution in [0.1, 0.15) is 5.56 Å². The van der Waals surface area contributed by atoms with Crippen LogP contribution in [0.5, 0.6) is 5.75 Å². The number of benzene rings is 1. The molecule has 2 N–H and O–H groups in total. The van der Waals surface area contributed by atoms with Crippen LogP contribution in [0.3, 0.4) is 0 Å². The minimum atomic E-state index is -0.0744. The van der Waals surface area contributed by atoms with Gasteiger partial charge < -0.3 is 15.1 Å². The van der Waals surface area contributed by atoms with Crippen LogP contribution in [-0.4, -0.2) is 41.2 Å². The van der Waals surface area contributed by atoms with Crippen molar-refractivity contribution in [2.24, 2.45) is 0 Å². The highest BCUT2D eigenvalue weighted by molar-refractivity contribution is 5.78. The zero-order valence-electron chi connectivity index (χ0n) is 8.68. The molecule has 1 aromatic rings. The molecule has 1 amide bonds. The predicted molar refractivity (Wildman–Crippen MR) is 56.5 cm³/mol. The van der Waals surface area contributed by atoms with Crippen LogP contribution >= 0.6 is 0 Å². The molecular formula is C11H15NO3. The molecule has 0 saturated carbocycles. The molecule has 0 atom stereocenters. The maximum Gasteiger partial charge on any atom is 0.226 e.